The van der Waals surface area contributed by atoms with Crippen molar-refractivity contribution in [2.45, 2.75) is 84.4 Å². The average Bonchev–Trinajstić information content (AvgIpc) is 2.71. The van der Waals surface area contributed by atoms with Crippen LogP contribution in [0.1, 0.15) is 66.7 Å². The summed E-state index contributed by atoms with van der Waals surface area (Å²) >= 11 is 1.60. The second-order valence-corrected chi connectivity index (χ2v) is 11.0. The molecule has 1 aliphatic rings. The Kier molecular flexibility index (Phi) is 12.0. The van der Waals surface area contributed by atoms with E-state index in [-0.39, 0.29) is 29.6 Å². The van der Waals surface area contributed by atoms with Crippen LogP contribution < -0.4 is 16.0 Å². The number of carboxylic acid groups (broad SMARTS) is 1. The normalized spacial score (nSPS) is 20.5. The third-order valence-corrected chi connectivity index (χ3v) is 6.28. The number of hydrogen-bond donors (Lipinski definition) is 4. The Balaban J connectivity index is 2.51. The van der Waals surface area contributed by atoms with E-state index in [9.17, 15) is 24.3 Å². The largest absolute Gasteiger partial charge is 0.480 e. The minimum atomic E-state index is -1.02. The lowest BCUT2D eigenvalue weighted by atomic mass is 9.81. The molecule has 190 valence electrons. The van der Waals surface area contributed by atoms with E-state index in [1.54, 1.807) is 46.4 Å². The molecule has 0 unspecified atom stereocenters. The number of thioether (sulfide) groups is 1. The molecule has 10 heteroatoms. The Hall–Kier alpha value is -1.97. The van der Waals surface area contributed by atoms with E-state index in [0.717, 1.165) is 18.6 Å². The summed E-state index contributed by atoms with van der Waals surface area (Å²) in [5, 5.41) is 17.5. The van der Waals surface area contributed by atoms with Crippen molar-refractivity contribution >= 4 is 35.6 Å². The molecule has 1 rings (SSSR count). The third-order valence-electron chi connectivity index (χ3n) is 5.63. The van der Waals surface area contributed by atoms with Gasteiger partial charge in [-0.2, -0.15) is 11.8 Å². The van der Waals surface area contributed by atoms with Crippen LogP contribution in [0.4, 0.5) is 4.79 Å². The highest BCUT2D eigenvalue weighted by atomic mass is 32.2. The Labute approximate surface area is 201 Å². The first-order valence-corrected chi connectivity index (χ1v) is 13.0. The monoisotopic (exact) mass is 487 g/mol. The number of hydrogen-bond acceptors (Lipinski definition) is 6. The van der Waals surface area contributed by atoms with Crippen molar-refractivity contribution in [2.75, 3.05) is 18.6 Å². The number of amides is 3. The van der Waals surface area contributed by atoms with Crippen LogP contribution in [0.2, 0.25) is 0 Å². The first kappa shape index (κ1) is 29.1. The summed E-state index contributed by atoms with van der Waals surface area (Å²) in [6.07, 6.45) is 4.68. The molecular weight excluding hydrogens is 446 g/mol. The maximum absolute atomic E-state index is 12.7. The molecule has 0 aliphatic heterocycles. The number of carboxylic acids is 1. The Bertz CT molecular complexity index is 672. The van der Waals surface area contributed by atoms with Gasteiger partial charge in [0.05, 0.1) is 0 Å². The van der Waals surface area contributed by atoms with Crippen molar-refractivity contribution in [1.82, 2.24) is 16.0 Å². The first-order valence-electron chi connectivity index (χ1n) is 11.6. The second-order valence-electron chi connectivity index (χ2n) is 10.0. The van der Waals surface area contributed by atoms with Gasteiger partial charge in [-0.3, -0.25) is 9.59 Å². The summed E-state index contributed by atoms with van der Waals surface area (Å²) in [6, 6.07) is -1.55. The molecule has 9 nitrogen and oxygen atoms in total. The van der Waals surface area contributed by atoms with Gasteiger partial charge in [0, 0.05) is 12.5 Å². The van der Waals surface area contributed by atoms with E-state index in [1.807, 2.05) is 6.26 Å². The zero-order chi connectivity index (χ0) is 25.2. The maximum Gasteiger partial charge on any atom is 0.408 e. The minimum Gasteiger partial charge on any atom is -0.480 e. The van der Waals surface area contributed by atoms with Gasteiger partial charge in [0.25, 0.3) is 0 Å². The van der Waals surface area contributed by atoms with Gasteiger partial charge in [0.2, 0.25) is 11.8 Å². The lowest BCUT2D eigenvalue weighted by Crippen LogP contribution is -2.49. The predicted octanol–water partition coefficient (Wildman–Crippen LogP) is 2.78. The highest BCUT2D eigenvalue weighted by Crippen LogP contribution is 2.29. The standard InChI is InChI=1S/C23H41N3O6S/c1-14(2)18(21(29)30)26-19(27)16-9-7-15(8-10-16)13-24-20(28)17(11-12-33-6)25-22(31)32-23(3,4)5/h14-18H,7-13H2,1-6H3,(H,24,28)(H,25,31)(H,26,27)(H,29,30)/t15?,16?,17-,18+/m0/s1. The van der Waals surface area contributed by atoms with Crippen molar-refractivity contribution in [3.8, 4) is 0 Å². The second kappa shape index (κ2) is 13.7. The topological polar surface area (TPSA) is 134 Å². The summed E-state index contributed by atoms with van der Waals surface area (Å²) in [5.41, 5.74) is -0.644. The van der Waals surface area contributed by atoms with E-state index >= 15 is 0 Å². The summed E-state index contributed by atoms with van der Waals surface area (Å²) < 4.78 is 5.27. The smallest absolute Gasteiger partial charge is 0.408 e. The molecule has 3 amide bonds. The lowest BCUT2D eigenvalue weighted by molar-refractivity contribution is -0.144. The van der Waals surface area contributed by atoms with Gasteiger partial charge in [-0.15, -0.1) is 0 Å². The molecule has 0 radical (unpaired) electrons. The molecule has 0 bridgehead atoms. The molecular formula is C23H41N3O6S. The fourth-order valence-electron chi connectivity index (χ4n) is 3.74. The van der Waals surface area contributed by atoms with Crippen LogP contribution in [-0.2, 0) is 19.1 Å². The van der Waals surface area contributed by atoms with Crippen LogP contribution in [0.15, 0.2) is 0 Å². The van der Waals surface area contributed by atoms with E-state index in [2.05, 4.69) is 16.0 Å². The molecule has 2 atom stereocenters. The number of rotatable bonds is 11. The molecule has 4 N–H and O–H groups in total. The Morgan fingerprint density at radius 3 is 2.15 bits per heavy atom. The number of carbonyl (C=O) groups excluding carboxylic acids is 3. The zero-order valence-electron chi connectivity index (χ0n) is 20.7. The number of alkyl carbamates (subject to hydrolysis) is 1. The lowest BCUT2D eigenvalue weighted by Gasteiger charge is -2.30. The van der Waals surface area contributed by atoms with Crippen LogP contribution in [0.3, 0.4) is 0 Å². The summed E-state index contributed by atoms with van der Waals surface area (Å²) in [5.74, 6) is -0.908. The van der Waals surface area contributed by atoms with Crippen molar-refractivity contribution in [3.63, 3.8) is 0 Å². The quantitative estimate of drug-likeness (QED) is 0.352. The van der Waals surface area contributed by atoms with E-state index in [1.165, 1.54) is 0 Å². The first-order chi connectivity index (χ1) is 15.3. The van der Waals surface area contributed by atoms with Crippen molar-refractivity contribution in [1.29, 1.82) is 0 Å². The van der Waals surface area contributed by atoms with Crippen molar-refractivity contribution < 1.29 is 29.0 Å². The van der Waals surface area contributed by atoms with E-state index in [0.29, 0.717) is 25.8 Å². The molecule has 0 heterocycles. The Morgan fingerprint density at radius 1 is 1.06 bits per heavy atom. The van der Waals surface area contributed by atoms with Crippen LogP contribution in [0.5, 0.6) is 0 Å². The predicted molar refractivity (Wildman–Crippen MR) is 129 cm³/mol. The fourth-order valence-corrected chi connectivity index (χ4v) is 4.21. The highest BCUT2D eigenvalue weighted by molar-refractivity contribution is 7.98. The number of ether oxygens (including phenoxy) is 1. The molecule has 33 heavy (non-hydrogen) atoms. The van der Waals surface area contributed by atoms with E-state index in [4.69, 9.17) is 4.74 Å². The molecule has 0 aromatic heterocycles. The third kappa shape index (κ3) is 11.1. The number of nitrogens with one attached hydrogen (secondary N) is 3. The highest BCUT2D eigenvalue weighted by Gasteiger charge is 2.31. The summed E-state index contributed by atoms with van der Waals surface area (Å²) in [6.45, 7) is 9.31. The van der Waals surface area contributed by atoms with Gasteiger partial charge >= 0.3 is 12.1 Å². The van der Waals surface area contributed by atoms with Gasteiger partial charge in [0.15, 0.2) is 0 Å². The average molecular weight is 488 g/mol. The fraction of sp³-hybridized carbons (Fsp3) is 0.826. The van der Waals surface area contributed by atoms with Gasteiger partial charge < -0.3 is 25.8 Å². The van der Waals surface area contributed by atoms with E-state index < -0.39 is 29.7 Å². The Morgan fingerprint density at radius 2 is 1.67 bits per heavy atom. The van der Waals surface area contributed by atoms with Crippen LogP contribution in [0.25, 0.3) is 0 Å². The molecule has 0 spiro atoms. The molecule has 0 aromatic carbocycles. The van der Waals surface area contributed by atoms with Gasteiger partial charge in [0.1, 0.15) is 17.7 Å². The van der Waals surface area contributed by atoms with Crippen molar-refractivity contribution in [3.05, 3.63) is 0 Å². The number of carbonyl (C=O) groups is 4. The van der Waals surface area contributed by atoms with Crippen molar-refractivity contribution in [2.24, 2.45) is 17.8 Å². The number of aliphatic carboxylic acids is 1. The summed E-state index contributed by atoms with van der Waals surface area (Å²) in [7, 11) is 0. The summed E-state index contributed by atoms with van der Waals surface area (Å²) in [4.78, 5) is 48.6. The molecule has 1 saturated carbocycles. The van der Waals surface area contributed by atoms with Gasteiger partial charge in [-0.1, -0.05) is 13.8 Å². The van der Waals surface area contributed by atoms with Crippen LogP contribution in [0, 0.1) is 17.8 Å². The molecule has 1 aliphatic carbocycles. The van der Waals surface area contributed by atoms with Gasteiger partial charge in [-0.05, 0) is 76.7 Å². The SMILES string of the molecule is CSCC[C@H](NC(=O)OC(C)(C)C)C(=O)NCC1CCC(C(=O)N[C@@H](C(=O)O)C(C)C)CC1. The van der Waals surface area contributed by atoms with Crippen LogP contribution >= 0.6 is 11.8 Å². The molecule has 1 fully saturated rings. The maximum atomic E-state index is 12.7. The van der Waals surface area contributed by atoms with Gasteiger partial charge in [-0.25, -0.2) is 9.59 Å². The minimum absolute atomic E-state index is 0.189. The zero-order valence-corrected chi connectivity index (χ0v) is 21.5. The molecule has 0 saturated heterocycles. The molecule has 0 aromatic rings. The van der Waals surface area contributed by atoms with Crippen LogP contribution in [-0.4, -0.2) is 65.2 Å².